The molecule has 1 aliphatic carbocycles. The van der Waals surface area contributed by atoms with Crippen LogP contribution in [-0.2, 0) is 4.79 Å². The van der Waals surface area contributed by atoms with E-state index >= 15 is 0 Å². The first-order chi connectivity index (χ1) is 9.87. The molecule has 0 aromatic carbocycles. The van der Waals surface area contributed by atoms with E-state index in [0.29, 0.717) is 17.0 Å². The van der Waals surface area contributed by atoms with Gasteiger partial charge in [0.1, 0.15) is 11.3 Å². The van der Waals surface area contributed by atoms with Gasteiger partial charge in [0.25, 0.3) is 5.91 Å². The van der Waals surface area contributed by atoms with Gasteiger partial charge in [-0.05, 0) is 26.7 Å². The third kappa shape index (κ3) is 2.94. The minimum Gasteiger partial charge on any atom is -0.481 e. The number of nitrogens with zero attached hydrogens (tertiary/aromatic N) is 2. The minimum atomic E-state index is -0.865. The number of aromatic nitrogens is 1. The van der Waals surface area contributed by atoms with Gasteiger partial charge in [0, 0.05) is 7.05 Å². The van der Waals surface area contributed by atoms with E-state index in [-0.39, 0.29) is 12.3 Å². The molecule has 6 heteroatoms. The molecule has 21 heavy (non-hydrogen) atoms. The van der Waals surface area contributed by atoms with E-state index in [4.69, 9.17) is 4.52 Å². The Morgan fingerprint density at radius 1 is 1.29 bits per heavy atom. The largest absolute Gasteiger partial charge is 0.481 e. The first kappa shape index (κ1) is 15.5. The van der Waals surface area contributed by atoms with Crippen LogP contribution in [0.15, 0.2) is 4.52 Å². The van der Waals surface area contributed by atoms with Crippen molar-refractivity contribution < 1.29 is 19.2 Å². The number of carboxylic acid groups (broad SMARTS) is 1. The second kappa shape index (κ2) is 5.87. The maximum Gasteiger partial charge on any atom is 0.305 e. The standard InChI is InChI=1S/C15H22N2O4/c1-10-13(11(2)21-16-10)14(20)17(3)15(9-12(18)19)7-5-4-6-8-15/h4-9H2,1-3H3,(H,18,19). The van der Waals surface area contributed by atoms with Gasteiger partial charge in [-0.1, -0.05) is 24.4 Å². The van der Waals surface area contributed by atoms with Crippen LogP contribution >= 0.6 is 0 Å². The van der Waals surface area contributed by atoms with E-state index in [2.05, 4.69) is 5.16 Å². The Hall–Kier alpha value is -1.85. The van der Waals surface area contributed by atoms with Crippen LogP contribution in [-0.4, -0.2) is 39.6 Å². The molecule has 0 unspecified atom stereocenters. The summed E-state index contributed by atoms with van der Waals surface area (Å²) in [5.41, 5.74) is 0.399. The van der Waals surface area contributed by atoms with E-state index < -0.39 is 11.5 Å². The quantitative estimate of drug-likeness (QED) is 0.922. The molecule has 6 nitrogen and oxygen atoms in total. The van der Waals surface area contributed by atoms with Gasteiger partial charge >= 0.3 is 5.97 Å². The molecule has 1 N–H and O–H groups in total. The highest BCUT2D eigenvalue weighted by atomic mass is 16.5. The number of amides is 1. The van der Waals surface area contributed by atoms with Crippen LogP contribution in [0.1, 0.15) is 60.3 Å². The third-order valence-corrected chi connectivity index (χ3v) is 4.53. The number of carboxylic acids is 1. The molecule has 0 saturated heterocycles. The molecule has 0 spiro atoms. The highest BCUT2D eigenvalue weighted by Gasteiger charge is 2.41. The summed E-state index contributed by atoms with van der Waals surface area (Å²) in [6.45, 7) is 3.42. The Kier molecular flexibility index (Phi) is 4.34. The fourth-order valence-electron chi connectivity index (χ4n) is 3.29. The van der Waals surface area contributed by atoms with Gasteiger partial charge in [-0.25, -0.2) is 0 Å². The van der Waals surface area contributed by atoms with Gasteiger partial charge in [-0.2, -0.15) is 0 Å². The number of carbonyl (C=O) groups excluding carboxylic acids is 1. The lowest BCUT2D eigenvalue weighted by Gasteiger charge is -2.43. The lowest BCUT2D eigenvalue weighted by molar-refractivity contribution is -0.140. The zero-order valence-electron chi connectivity index (χ0n) is 12.8. The van der Waals surface area contributed by atoms with Crippen LogP contribution in [0, 0.1) is 13.8 Å². The lowest BCUT2D eigenvalue weighted by atomic mass is 9.77. The maximum absolute atomic E-state index is 12.8. The Morgan fingerprint density at radius 2 is 1.90 bits per heavy atom. The second-order valence-electron chi connectivity index (χ2n) is 5.92. The fourth-order valence-corrected chi connectivity index (χ4v) is 3.29. The van der Waals surface area contributed by atoms with E-state index in [0.717, 1.165) is 32.1 Å². The first-order valence-corrected chi connectivity index (χ1v) is 7.30. The Bertz CT molecular complexity index is 524. The molecule has 0 bridgehead atoms. The summed E-state index contributed by atoms with van der Waals surface area (Å²) >= 11 is 0. The molecule has 0 atom stereocenters. The average molecular weight is 294 g/mol. The molecule has 1 amide bonds. The summed E-state index contributed by atoms with van der Waals surface area (Å²) in [5.74, 6) is -0.588. The number of hydrogen-bond donors (Lipinski definition) is 1. The van der Waals surface area contributed by atoms with Gasteiger partial charge in [0.05, 0.1) is 17.7 Å². The van der Waals surface area contributed by atoms with Crippen molar-refractivity contribution in [3.8, 4) is 0 Å². The molecule has 1 saturated carbocycles. The fraction of sp³-hybridized carbons (Fsp3) is 0.667. The normalized spacial score (nSPS) is 17.5. The van der Waals surface area contributed by atoms with E-state index in [1.165, 1.54) is 0 Å². The number of aryl methyl sites for hydroxylation is 2. The summed E-state index contributed by atoms with van der Waals surface area (Å²) in [6, 6.07) is 0. The SMILES string of the molecule is Cc1noc(C)c1C(=O)N(C)C1(CC(=O)O)CCCCC1. The van der Waals surface area contributed by atoms with Crippen molar-refractivity contribution in [3.05, 3.63) is 17.0 Å². The van der Waals surface area contributed by atoms with E-state index in [1.807, 2.05) is 0 Å². The Labute approximate surface area is 124 Å². The summed E-state index contributed by atoms with van der Waals surface area (Å²) < 4.78 is 5.05. The summed E-state index contributed by atoms with van der Waals surface area (Å²) in [5, 5.41) is 13.0. The number of hydrogen-bond acceptors (Lipinski definition) is 4. The average Bonchev–Trinajstić information content (AvgIpc) is 2.77. The van der Waals surface area contributed by atoms with Gasteiger partial charge in [-0.3, -0.25) is 9.59 Å². The van der Waals surface area contributed by atoms with Crippen LogP contribution in [0.25, 0.3) is 0 Å². The molecule has 2 rings (SSSR count). The Morgan fingerprint density at radius 3 is 2.38 bits per heavy atom. The highest BCUT2D eigenvalue weighted by molar-refractivity contribution is 5.96. The van der Waals surface area contributed by atoms with Crippen LogP contribution in [0.4, 0.5) is 0 Å². The highest BCUT2D eigenvalue weighted by Crippen LogP contribution is 2.37. The smallest absolute Gasteiger partial charge is 0.305 e. The number of rotatable bonds is 4. The third-order valence-electron chi connectivity index (χ3n) is 4.53. The van der Waals surface area contributed by atoms with Crippen molar-refractivity contribution >= 4 is 11.9 Å². The molecule has 1 aromatic rings. The van der Waals surface area contributed by atoms with Crippen molar-refractivity contribution in [3.63, 3.8) is 0 Å². The van der Waals surface area contributed by atoms with E-state index in [1.54, 1.807) is 25.8 Å². The number of carbonyl (C=O) groups is 2. The van der Waals surface area contributed by atoms with Crippen LogP contribution in [0.2, 0.25) is 0 Å². The van der Waals surface area contributed by atoms with Crippen LogP contribution in [0.5, 0.6) is 0 Å². The summed E-state index contributed by atoms with van der Waals surface area (Å²) in [6.07, 6.45) is 4.43. The predicted molar refractivity (Wildman–Crippen MR) is 76.1 cm³/mol. The van der Waals surface area contributed by atoms with Gasteiger partial charge in [0.2, 0.25) is 0 Å². The van der Waals surface area contributed by atoms with Crippen LogP contribution in [0.3, 0.4) is 0 Å². The number of aliphatic carboxylic acids is 1. The lowest BCUT2D eigenvalue weighted by Crippen LogP contribution is -2.52. The topological polar surface area (TPSA) is 83.6 Å². The molecule has 1 fully saturated rings. The van der Waals surface area contributed by atoms with Crippen molar-refractivity contribution in [1.29, 1.82) is 0 Å². The maximum atomic E-state index is 12.8. The van der Waals surface area contributed by atoms with Crippen molar-refractivity contribution in [2.75, 3.05) is 7.05 Å². The molecule has 1 heterocycles. The van der Waals surface area contributed by atoms with Crippen LogP contribution < -0.4 is 0 Å². The zero-order chi connectivity index (χ0) is 15.6. The van der Waals surface area contributed by atoms with Gasteiger partial charge in [0.15, 0.2) is 0 Å². The van der Waals surface area contributed by atoms with Gasteiger partial charge < -0.3 is 14.5 Å². The van der Waals surface area contributed by atoms with Crippen molar-refractivity contribution in [1.82, 2.24) is 10.1 Å². The Balaban J connectivity index is 2.31. The molecule has 116 valence electrons. The molecule has 0 radical (unpaired) electrons. The minimum absolute atomic E-state index is 0.0153. The molecular weight excluding hydrogens is 272 g/mol. The summed E-state index contributed by atoms with van der Waals surface area (Å²) in [7, 11) is 1.70. The van der Waals surface area contributed by atoms with Gasteiger partial charge in [-0.15, -0.1) is 0 Å². The van der Waals surface area contributed by atoms with Crippen molar-refractivity contribution in [2.45, 2.75) is 57.9 Å². The molecule has 0 aliphatic heterocycles. The van der Waals surface area contributed by atoms with E-state index in [9.17, 15) is 14.7 Å². The zero-order valence-corrected chi connectivity index (χ0v) is 12.8. The van der Waals surface area contributed by atoms with Crippen molar-refractivity contribution in [2.24, 2.45) is 0 Å². The molecular formula is C15H22N2O4. The second-order valence-corrected chi connectivity index (χ2v) is 5.92. The first-order valence-electron chi connectivity index (χ1n) is 7.30. The predicted octanol–water partition coefficient (Wildman–Crippen LogP) is 2.54. The summed E-state index contributed by atoms with van der Waals surface area (Å²) in [4.78, 5) is 25.6. The molecule has 1 aliphatic rings. The monoisotopic (exact) mass is 294 g/mol. The molecule has 1 aromatic heterocycles.